The number of halogens is 1. The Balaban J connectivity index is 1.95. The summed E-state index contributed by atoms with van der Waals surface area (Å²) >= 11 is 7.16. The van der Waals surface area contributed by atoms with E-state index in [0.717, 1.165) is 0 Å². The van der Waals surface area contributed by atoms with Gasteiger partial charge in [-0.05, 0) is 19.1 Å². The molecule has 2 aromatic heterocycles. The van der Waals surface area contributed by atoms with Crippen LogP contribution in [-0.4, -0.2) is 37.3 Å². The molecule has 2 rings (SSSR count). The molecular formula is C14H17ClN6O2S. The van der Waals surface area contributed by atoms with E-state index in [1.165, 1.54) is 11.8 Å². The van der Waals surface area contributed by atoms with Crippen LogP contribution in [0, 0.1) is 0 Å². The fraction of sp³-hybridized carbons (Fsp3) is 0.357. The van der Waals surface area contributed by atoms with Gasteiger partial charge in [-0.2, -0.15) is 0 Å². The van der Waals surface area contributed by atoms with Gasteiger partial charge in [-0.1, -0.05) is 23.4 Å². The molecule has 0 unspecified atom stereocenters. The second kappa shape index (κ2) is 8.65. The van der Waals surface area contributed by atoms with Crippen LogP contribution in [0.1, 0.15) is 19.2 Å². The van der Waals surface area contributed by atoms with Crippen molar-refractivity contribution in [3.63, 3.8) is 0 Å². The number of nitrogens with two attached hydrogens (primary N) is 1. The first-order valence-corrected chi connectivity index (χ1v) is 8.61. The van der Waals surface area contributed by atoms with Crippen LogP contribution < -0.4 is 11.1 Å². The number of thioether (sulfide) groups is 1. The van der Waals surface area contributed by atoms with Gasteiger partial charge in [0.25, 0.3) is 0 Å². The number of pyridine rings is 1. The maximum absolute atomic E-state index is 12.0. The summed E-state index contributed by atoms with van der Waals surface area (Å²) in [6, 6.07) is 3.36. The Bertz CT molecular complexity index is 736. The zero-order chi connectivity index (χ0) is 17.5. The lowest BCUT2D eigenvalue weighted by Gasteiger charge is -2.08. The fourth-order valence-corrected chi connectivity index (χ4v) is 2.95. The highest BCUT2D eigenvalue weighted by Gasteiger charge is 2.14. The second-order valence-corrected chi connectivity index (χ2v) is 6.09. The number of carbonyl (C=O) groups is 2. The van der Waals surface area contributed by atoms with Crippen molar-refractivity contribution in [1.82, 2.24) is 19.7 Å². The van der Waals surface area contributed by atoms with E-state index in [2.05, 4.69) is 20.5 Å². The Hall–Kier alpha value is -2.13. The first-order chi connectivity index (χ1) is 11.5. The Morgan fingerprint density at radius 1 is 1.42 bits per heavy atom. The van der Waals surface area contributed by atoms with Crippen LogP contribution in [0.25, 0.3) is 0 Å². The van der Waals surface area contributed by atoms with Gasteiger partial charge in [0.1, 0.15) is 5.82 Å². The number of aromatic nitrogens is 4. The predicted molar refractivity (Wildman–Crippen MR) is 91.8 cm³/mol. The molecule has 0 aliphatic rings. The van der Waals surface area contributed by atoms with Crippen molar-refractivity contribution >= 4 is 40.9 Å². The number of anilines is 1. The normalized spacial score (nSPS) is 10.6. The van der Waals surface area contributed by atoms with E-state index in [1.807, 2.05) is 11.5 Å². The minimum Gasteiger partial charge on any atom is -0.370 e. The smallest absolute Gasteiger partial charge is 0.234 e. The molecule has 0 spiro atoms. The fourth-order valence-electron chi connectivity index (χ4n) is 1.96. The molecule has 0 radical (unpaired) electrons. The summed E-state index contributed by atoms with van der Waals surface area (Å²) in [4.78, 5) is 26.8. The lowest BCUT2D eigenvalue weighted by Crippen LogP contribution is -2.15. The van der Waals surface area contributed by atoms with Crippen molar-refractivity contribution in [3.8, 4) is 0 Å². The quantitative estimate of drug-likeness (QED) is 0.538. The maximum Gasteiger partial charge on any atom is 0.234 e. The third kappa shape index (κ3) is 4.93. The number of primary amides is 1. The number of hydrogen-bond donors (Lipinski definition) is 2. The summed E-state index contributed by atoms with van der Waals surface area (Å²) in [6.07, 6.45) is 2.18. The average molecular weight is 369 g/mol. The third-order valence-electron chi connectivity index (χ3n) is 3.07. The largest absolute Gasteiger partial charge is 0.370 e. The molecule has 0 bridgehead atoms. The van der Waals surface area contributed by atoms with Crippen molar-refractivity contribution in [2.75, 3.05) is 11.1 Å². The van der Waals surface area contributed by atoms with E-state index in [4.69, 9.17) is 17.3 Å². The molecule has 0 aliphatic carbocycles. The minimum absolute atomic E-state index is 0.152. The Morgan fingerprint density at radius 3 is 2.88 bits per heavy atom. The summed E-state index contributed by atoms with van der Waals surface area (Å²) in [5, 5.41) is 11.7. The number of nitrogens with one attached hydrogen (secondary N) is 1. The van der Waals surface area contributed by atoms with Crippen LogP contribution in [0.15, 0.2) is 23.5 Å². The molecule has 2 heterocycles. The molecule has 0 aromatic carbocycles. The predicted octanol–water partition coefficient (Wildman–Crippen LogP) is 1.50. The van der Waals surface area contributed by atoms with Gasteiger partial charge in [0.05, 0.1) is 11.4 Å². The first kappa shape index (κ1) is 18.2. The van der Waals surface area contributed by atoms with Crippen LogP contribution in [0.5, 0.6) is 0 Å². The molecule has 128 valence electrons. The molecule has 10 heteroatoms. The number of hydrogen-bond acceptors (Lipinski definition) is 6. The average Bonchev–Trinajstić information content (AvgIpc) is 2.95. The molecule has 0 aliphatic heterocycles. The lowest BCUT2D eigenvalue weighted by molar-refractivity contribution is -0.118. The second-order valence-electron chi connectivity index (χ2n) is 4.79. The van der Waals surface area contributed by atoms with Crippen molar-refractivity contribution in [3.05, 3.63) is 29.3 Å². The van der Waals surface area contributed by atoms with Crippen molar-refractivity contribution in [2.24, 2.45) is 5.73 Å². The topological polar surface area (TPSA) is 116 Å². The number of carbonyl (C=O) groups excluding carboxylic acids is 2. The van der Waals surface area contributed by atoms with Gasteiger partial charge in [-0.15, -0.1) is 10.2 Å². The van der Waals surface area contributed by atoms with Crippen molar-refractivity contribution < 1.29 is 9.59 Å². The number of nitrogens with zero attached hydrogens (tertiary/aromatic N) is 4. The molecule has 24 heavy (non-hydrogen) atoms. The highest BCUT2D eigenvalue weighted by atomic mass is 35.5. The van der Waals surface area contributed by atoms with Crippen LogP contribution in [0.4, 0.5) is 5.69 Å². The highest BCUT2D eigenvalue weighted by Crippen LogP contribution is 2.20. The van der Waals surface area contributed by atoms with Gasteiger partial charge in [0, 0.05) is 25.6 Å². The van der Waals surface area contributed by atoms with Crippen molar-refractivity contribution in [1.29, 1.82) is 0 Å². The van der Waals surface area contributed by atoms with Gasteiger partial charge in [0.2, 0.25) is 11.8 Å². The summed E-state index contributed by atoms with van der Waals surface area (Å²) in [7, 11) is 0. The standard InChI is InChI=1S/C14H17ClN6O2S/c1-2-21-11(6-5-10(16)22)19-20-14(21)24-8-12(23)18-9-4-3-7-17-13(9)15/h3-4,7H,2,5-6,8H2,1H3,(H2,16,22)(H,18,23). The lowest BCUT2D eigenvalue weighted by atomic mass is 10.3. The Labute approximate surface area is 148 Å². The van der Waals surface area contributed by atoms with Gasteiger partial charge < -0.3 is 15.6 Å². The van der Waals surface area contributed by atoms with E-state index in [1.54, 1.807) is 18.3 Å². The van der Waals surface area contributed by atoms with E-state index in [9.17, 15) is 9.59 Å². The van der Waals surface area contributed by atoms with Crippen LogP contribution in [-0.2, 0) is 22.6 Å². The van der Waals surface area contributed by atoms with Gasteiger partial charge >= 0.3 is 0 Å². The molecule has 2 aromatic rings. The Morgan fingerprint density at radius 2 is 2.21 bits per heavy atom. The molecule has 0 atom stereocenters. The molecule has 0 fully saturated rings. The molecule has 2 amide bonds. The molecule has 0 saturated heterocycles. The third-order valence-corrected chi connectivity index (χ3v) is 4.34. The SMILES string of the molecule is CCn1c(CCC(N)=O)nnc1SCC(=O)Nc1cccnc1Cl. The maximum atomic E-state index is 12.0. The molecular weight excluding hydrogens is 352 g/mol. The molecule has 0 saturated carbocycles. The first-order valence-electron chi connectivity index (χ1n) is 7.24. The summed E-state index contributed by atoms with van der Waals surface area (Å²) < 4.78 is 1.86. The summed E-state index contributed by atoms with van der Waals surface area (Å²) in [5.74, 6) is 0.218. The highest BCUT2D eigenvalue weighted by molar-refractivity contribution is 7.99. The summed E-state index contributed by atoms with van der Waals surface area (Å²) in [5.41, 5.74) is 5.61. The zero-order valence-electron chi connectivity index (χ0n) is 13.0. The number of amides is 2. The van der Waals surface area contributed by atoms with Crippen LogP contribution in [0.3, 0.4) is 0 Å². The monoisotopic (exact) mass is 368 g/mol. The number of aryl methyl sites for hydroxylation is 1. The zero-order valence-corrected chi connectivity index (χ0v) is 14.6. The molecule has 3 N–H and O–H groups in total. The van der Waals surface area contributed by atoms with E-state index >= 15 is 0 Å². The molecule has 8 nitrogen and oxygen atoms in total. The summed E-state index contributed by atoms with van der Waals surface area (Å²) in [6.45, 7) is 2.58. The van der Waals surface area contributed by atoms with Crippen LogP contribution in [0.2, 0.25) is 5.15 Å². The van der Waals surface area contributed by atoms with E-state index in [0.29, 0.717) is 29.6 Å². The van der Waals surface area contributed by atoms with Gasteiger partial charge in [0.15, 0.2) is 10.3 Å². The van der Waals surface area contributed by atoms with Crippen molar-refractivity contribution in [2.45, 2.75) is 31.5 Å². The van der Waals surface area contributed by atoms with Crippen LogP contribution >= 0.6 is 23.4 Å². The van der Waals surface area contributed by atoms with Gasteiger partial charge in [-0.25, -0.2) is 4.98 Å². The van der Waals surface area contributed by atoms with E-state index in [-0.39, 0.29) is 29.1 Å². The number of rotatable bonds is 8. The minimum atomic E-state index is -0.386. The van der Waals surface area contributed by atoms with E-state index < -0.39 is 0 Å². The Kier molecular flexibility index (Phi) is 6.56. The van der Waals surface area contributed by atoms with Gasteiger partial charge in [-0.3, -0.25) is 9.59 Å².